The molecule has 0 aromatic carbocycles. The van der Waals surface area contributed by atoms with Crippen LogP contribution in [0.1, 0.15) is 63.7 Å². The van der Waals surface area contributed by atoms with E-state index in [1.807, 2.05) is 33.8 Å². The fourth-order valence-corrected chi connectivity index (χ4v) is 2.98. The average molecular weight is 316 g/mol. The molecular weight excluding hydrogens is 291 g/mol. The molecule has 2 fully saturated rings. The maximum absolute atomic E-state index is 12.2. The van der Waals surface area contributed by atoms with Crippen LogP contribution in [0.5, 0.6) is 0 Å². The Hall–Kier alpha value is -1.40. The summed E-state index contributed by atoms with van der Waals surface area (Å²) in [6, 6.07) is 3.91. The molecule has 1 amide bonds. The molecule has 6 heteroatoms. The van der Waals surface area contributed by atoms with E-state index in [2.05, 4.69) is 10.3 Å². The van der Waals surface area contributed by atoms with Crippen LogP contribution in [-0.2, 0) is 9.31 Å². The van der Waals surface area contributed by atoms with Crippen molar-refractivity contribution < 1.29 is 14.1 Å². The van der Waals surface area contributed by atoms with E-state index in [0.29, 0.717) is 17.2 Å². The summed E-state index contributed by atoms with van der Waals surface area (Å²) in [4.78, 5) is 16.6. The largest absolute Gasteiger partial charge is 0.514 e. The SMILES string of the molecule is CC1(C)OB(c2ccc(C(=O)NC3CCCC3)cn2)OC1(C)C. The van der Waals surface area contributed by atoms with Gasteiger partial charge in [-0.05, 0) is 52.7 Å². The van der Waals surface area contributed by atoms with Gasteiger partial charge in [-0.2, -0.15) is 0 Å². The fourth-order valence-electron chi connectivity index (χ4n) is 2.98. The third kappa shape index (κ3) is 3.28. The van der Waals surface area contributed by atoms with Gasteiger partial charge in [0, 0.05) is 12.2 Å². The molecule has 0 atom stereocenters. The zero-order valence-corrected chi connectivity index (χ0v) is 14.4. The van der Waals surface area contributed by atoms with Crippen LogP contribution in [0.2, 0.25) is 0 Å². The summed E-state index contributed by atoms with van der Waals surface area (Å²) in [6.07, 6.45) is 6.15. The molecule has 0 bridgehead atoms. The van der Waals surface area contributed by atoms with E-state index in [9.17, 15) is 4.79 Å². The number of pyridine rings is 1. The van der Waals surface area contributed by atoms with Gasteiger partial charge in [-0.3, -0.25) is 9.78 Å². The third-order valence-corrected chi connectivity index (χ3v) is 5.23. The van der Waals surface area contributed by atoms with Crippen molar-refractivity contribution in [3.05, 3.63) is 23.9 Å². The molecule has 1 saturated carbocycles. The number of hydrogen-bond acceptors (Lipinski definition) is 4. The van der Waals surface area contributed by atoms with Crippen LogP contribution < -0.4 is 10.9 Å². The maximum Gasteiger partial charge on any atom is 0.514 e. The lowest BCUT2D eigenvalue weighted by Gasteiger charge is -2.32. The Morgan fingerprint density at radius 2 is 1.78 bits per heavy atom. The fraction of sp³-hybridized carbons (Fsp3) is 0.647. The molecule has 1 aliphatic carbocycles. The van der Waals surface area contributed by atoms with Gasteiger partial charge in [0.25, 0.3) is 5.91 Å². The number of aromatic nitrogens is 1. The number of nitrogens with one attached hydrogen (secondary N) is 1. The summed E-state index contributed by atoms with van der Waals surface area (Å²) in [5.74, 6) is -0.0510. The Labute approximate surface area is 138 Å². The van der Waals surface area contributed by atoms with E-state index in [0.717, 1.165) is 12.8 Å². The number of nitrogens with zero attached hydrogens (tertiary/aromatic N) is 1. The highest BCUT2D eigenvalue weighted by molar-refractivity contribution is 6.61. The molecule has 1 saturated heterocycles. The Kier molecular flexibility index (Phi) is 4.23. The topological polar surface area (TPSA) is 60.5 Å². The summed E-state index contributed by atoms with van der Waals surface area (Å²) in [7, 11) is -0.494. The minimum atomic E-state index is -0.494. The zero-order valence-electron chi connectivity index (χ0n) is 14.4. The van der Waals surface area contributed by atoms with Crippen LogP contribution in [0.3, 0.4) is 0 Å². The van der Waals surface area contributed by atoms with E-state index >= 15 is 0 Å². The van der Waals surface area contributed by atoms with Crippen molar-refractivity contribution in [3.63, 3.8) is 0 Å². The first-order valence-corrected chi connectivity index (χ1v) is 8.41. The molecule has 0 spiro atoms. The molecule has 2 heterocycles. The second kappa shape index (κ2) is 5.91. The number of amides is 1. The molecule has 0 unspecified atom stereocenters. The highest BCUT2D eigenvalue weighted by Gasteiger charge is 2.52. The second-order valence-corrected chi connectivity index (χ2v) is 7.51. The lowest BCUT2D eigenvalue weighted by Crippen LogP contribution is -2.41. The lowest BCUT2D eigenvalue weighted by molar-refractivity contribution is 0.00578. The maximum atomic E-state index is 12.2. The van der Waals surface area contributed by atoms with Gasteiger partial charge in [-0.1, -0.05) is 12.8 Å². The number of rotatable bonds is 3. The first-order chi connectivity index (χ1) is 10.8. The second-order valence-electron chi connectivity index (χ2n) is 7.51. The van der Waals surface area contributed by atoms with E-state index in [4.69, 9.17) is 9.31 Å². The van der Waals surface area contributed by atoms with Crippen LogP contribution in [0.15, 0.2) is 18.3 Å². The van der Waals surface area contributed by atoms with Crippen molar-refractivity contribution in [2.75, 3.05) is 0 Å². The van der Waals surface area contributed by atoms with Crippen molar-refractivity contribution in [1.29, 1.82) is 0 Å². The molecule has 5 nitrogen and oxygen atoms in total. The summed E-state index contributed by atoms with van der Waals surface area (Å²) in [6.45, 7) is 8.04. The summed E-state index contributed by atoms with van der Waals surface area (Å²) < 4.78 is 11.9. The lowest BCUT2D eigenvalue weighted by atomic mass is 9.84. The quantitative estimate of drug-likeness (QED) is 0.867. The van der Waals surface area contributed by atoms with Crippen molar-refractivity contribution in [2.45, 2.75) is 70.6 Å². The number of hydrogen-bond donors (Lipinski definition) is 1. The molecule has 1 aromatic rings. The molecule has 124 valence electrons. The minimum Gasteiger partial charge on any atom is -0.398 e. The smallest absolute Gasteiger partial charge is 0.398 e. The molecule has 1 aliphatic heterocycles. The first kappa shape index (κ1) is 16.5. The standard InChI is InChI=1S/C17H25BN2O3/c1-16(2)17(3,4)23-18(22-16)14-10-9-12(11-19-14)15(21)20-13-7-5-6-8-13/h9-11,13H,5-8H2,1-4H3,(H,20,21). The van der Waals surface area contributed by atoms with Crippen LogP contribution in [0.4, 0.5) is 0 Å². The highest BCUT2D eigenvalue weighted by Crippen LogP contribution is 2.36. The third-order valence-electron chi connectivity index (χ3n) is 5.23. The summed E-state index contributed by atoms with van der Waals surface area (Å²) in [5.41, 5.74) is 0.494. The highest BCUT2D eigenvalue weighted by atomic mass is 16.7. The zero-order chi connectivity index (χ0) is 16.7. The van der Waals surface area contributed by atoms with E-state index < -0.39 is 18.3 Å². The van der Waals surface area contributed by atoms with Gasteiger partial charge >= 0.3 is 7.12 Å². The molecule has 0 radical (unpaired) electrons. The molecule has 1 aromatic heterocycles. The predicted molar refractivity (Wildman–Crippen MR) is 89.7 cm³/mol. The van der Waals surface area contributed by atoms with E-state index in [-0.39, 0.29) is 5.91 Å². The molecular formula is C17H25BN2O3. The molecule has 23 heavy (non-hydrogen) atoms. The van der Waals surface area contributed by atoms with E-state index in [1.54, 1.807) is 12.3 Å². The summed E-state index contributed by atoms with van der Waals surface area (Å²) >= 11 is 0. The first-order valence-electron chi connectivity index (χ1n) is 8.41. The van der Waals surface area contributed by atoms with Crippen LogP contribution >= 0.6 is 0 Å². The summed E-state index contributed by atoms with van der Waals surface area (Å²) in [5, 5.41) is 3.07. The number of carbonyl (C=O) groups excluding carboxylic acids is 1. The Morgan fingerprint density at radius 1 is 1.17 bits per heavy atom. The van der Waals surface area contributed by atoms with Gasteiger partial charge in [0.05, 0.1) is 22.4 Å². The molecule has 3 rings (SSSR count). The molecule has 1 N–H and O–H groups in total. The van der Waals surface area contributed by atoms with Crippen LogP contribution in [-0.4, -0.2) is 35.3 Å². The molecule has 2 aliphatic rings. The van der Waals surface area contributed by atoms with Crippen molar-refractivity contribution in [3.8, 4) is 0 Å². The predicted octanol–water partition coefficient (Wildman–Crippen LogP) is 2.05. The number of carbonyl (C=O) groups is 1. The van der Waals surface area contributed by atoms with E-state index in [1.165, 1.54) is 12.8 Å². The monoisotopic (exact) mass is 316 g/mol. The van der Waals surface area contributed by atoms with Gasteiger partial charge in [-0.15, -0.1) is 0 Å². The average Bonchev–Trinajstić information content (AvgIpc) is 3.05. The Bertz CT molecular complexity index is 564. The van der Waals surface area contributed by atoms with Gasteiger partial charge in [0.1, 0.15) is 0 Å². The van der Waals surface area contributed by atoms with Gasteiger partial charge in [0.2, 0.25) is 0 Å². The normalized spacial score (nSPS) is 23.2. The van der Waals surface area contributed by atoms with Crippen LogP contribution in [0, 0.1) is 0 Å². The van der Waals surface area contributed by atoms with Crippen molar-refractivity contribution in [1.82, 2.24) is 10.3 Å². The van der Waals surface area contributed by atoms with Crippen molar-refractivity contribution in [2.24, 2.45) is 0 Å². The minimum absolute atomic E-state index is 0.0510. The Morgan fingerprint density at radius 3 is 2.30 bits per heavy atom. The van der Waals surface area contributed by atoms with Crippen molar-refractivity contribution >= 4 is 18.6 Å². The van der Waals surface area contributed by atoms with Gasteiger partial charge in [-0.25, -0.2) is 0 Å². The van der Waals surface area contributed by atoms with Crippen LogP contribution in [0.25, 0.3) is 0 Å². The van der Waals surface area contributed by atoms with Gasteiger partial charge in [0.15, 0.2) is 0 Å². The Balaban J connectivity index is 1.67. The van der Waals surface area contributed by atoms with Gasteiger partial charge < -0.3 is 14.6 Å².